The highest BCUT2D eigenvalue weighted by Crippen LogP contribution is 2.27. The van der Waals surface area contributed by atoms with E-state index in [1.807, 2.05) is 29.6 Å². The minimum absolute atomic E-state index is 0.678. The summed E-state index contributed by atoms with van der Waals surface area (Å²) in [5.41, 5.74) is 2.90. The van der Waals surface area contributed by atoms with E-state index in [4.69, 9.17) is 4.98 Å². The third-order valence-electron chi connectivity index (χ3n) is 3.88. The molecule has 5 nitrogen and oxygen atoms in total. The first kappa shape index (κ1) is 12.8. The molecule has 4 rings (SSSR count). The molecule has 0 unspecified atom stereocenters. The van der Waals surface area contributed by atoms with Crippen LogP contribution in [0.1, 0.15) is 5.69 Å². The maximum Gasteiger partial charge on any atom is 0.158 e. The Morgan fingerprint density at radius 3 is 2.76 bits per heavy atom. The lowest BCUT2D eigenvalue weighted by atomic mass is 10.2. The van der Waals surface area contributed by atoms with Crippen LogP contribution in [-0.4, -0.2) is 43.4 Å². The lowest BCUT2D eigenvalue weighted by Crippen LogP contribution is -2.38. The summed E-state index contributed by atoms with van der Waals surface area (Å²) in [7, 11) is -0.678. The number of hydrogen-bond donors (Lipinski definition) is 0. The van der Waals surface area contributed by atoms with Crippen LogP contribution in [0, 0.1) is 6.92 Å². The Bertz CT molecular complexity index is 847. The van der Waals surface area contributed by atoms with E-state index in [1.54, 1.807) is 0 Å². The van der Waals surface area contributed by atoms with Gasteiger partial charge in [-0.3, -0.25) is 4.21 Å². The van der Waals surface area contributed by atoms with Crippen LogP contribution in [0.25, 0.3) is 16.6 Å². The van der Waals surface area contributed by atoms with E-state index in [0.29, 0.717) is 0 Å². The zero-order valence-corrected chi connectivity index (χ0v) is 12.6. The zero-order valence-electron chi connectivity index (χ0n) is 11.8. The molecule has 0 radical (unpaired) electrons. The highest BCUT2D eigenvalue weighted by atomic mass is 32.2. The third-order valence-corrected chi connectivity index (χ3v) is 5.16. The lowest BCUT2D eigenvalue weighted by molar-refractivity contribution is 0.672. The van der Waals surface area contributed by atoms with Gasteiger partial charge in [0.25, 0.3) is 0 Å². The fourth-order valence-corrected chi connectivity index (χ4v) is 3.90. The predicted octanol–water partition coefficient (Wildman–Crippen LogP) is 1.76. The zero-order chi connectivity index (χ0) is 14.4. The number of benzene rings is 1. The Morgan fingerprint density at radius 2 is 1.95 bits per heavy atom. The SMILES string of the molecule is Cc1cc2nc(N3CCS(=O)CC3)c3ccccc3n2n1. The van der Waals surface area contributed by atoms with E-state index in [1.165, 1.54) is 0 Å². The van der Waals surface area contributed by atoms with Gasteiger partial charge >= 0.3 is 0 Å². The van der Waals surface area contributed by atoms with Gasteiger partial charge in [0.1, 0.15) is 5.82 Å². The van der Waals surface area contributed by atoms with Crippen molar-refractivity contribution in [2.75, 3.05) is 29.5 Å². The van der Waals surface area contributed by atoms with E-state index in [0.717, 1.165) is 52.7 Å². The van der Waals surface area contributed by atoms with Crippen molar-refractivity contribution in [3.8, 4) is 0 Å². The van der Waals surface area contributed by atoms with E-state index < -0.39 is 10.8 Å². The van der Waals surface area contributed by atoms with Gasteiger partial charge in [-0.25, -0.2) is 9.50 Å². The third kappa shape index (κ3) is 2.10. The smallest absolute Gasteiger partial charge is 0.158 e. The van der Waals surface area contributed by atoms with Crippen molar-refractivity contribution in [2.24, 2.45) is 0 Å². The Hall–Kier alpha value is -1.95. The molecule has 0 spiro atoms. The molecule has 6 heteroatoms. The molecule has 0 aliphatic carbocycles. The largest absolute Gasteiger partial charge is 0.354 e. The number of aryl methyl sites for hydroxylation is 1. The van der Waals surface area contributed by atoms with Gasteiger partial charge in [0.2, 0.25) is 0 Å². The monoisotopic (exact) mass is 300 g/mol. The van der Waals surface area contributed by atoms with Gasteiger partial charge in [0.05, 0.1) is 11.2 Å². The van der Waals surface area contributed by atoms with Gasteiger partial charge in [-0.1, -0.05) is 12.1 Å². The molecule has 0 bridgehead atoms. The van der Waals surface area contributed by atoms with Gasteiger partial charge in [0.15, 0.2) is 5.65 Å². The summed E-state index contributed by atoms with van der Waals surface area (Å²) < 4.78 is 13.5. The summed E-state index contributed by atoms with van der Waals surface area (Å²) in [6, 6.07) is 10.2. The molecule has 0 N–H and O–H groups in total. The molecule has 2 aromatic heterocycles. The van der Waals surface area contributed by atoms with Crippen molar-refractivity contribution in [1.29, 1.82) is 0 Å². The first-order valence-corrected chi connectivity index (χ1v) is 8.56. The van der Waals surface area contributed by atoms with Crippen LogP contribution in [0.2, 0.25) is 0 Å². The summed E-state index contributed by atoms with van der Waals surface area (Å²) in [6.45, 7) is 3.58. The summed E-state index contributed by atoms with van der Waals surface area (Å²) >= 11 is 0. The van der Waals surface area contributed by atoms with Crippen LogP contribution in [-0.2, 0) is 10.8 Å². The van der Waals surface area contributed by atoms with Crippen molar-refractivity contribution in [3.63, 3.8) is 0 Å². The summed E-state index contributed by atoms with van der Waals surface area (Å²) in [4.78, 5) is 7.04. The maximum absolute atomic E-state index is 11.6. The number of nitrogens with zero attached hydrogens (tertiary/aromatic N) is 4. The van der Waals surface area contributed by atoms with Crippen LogP contribution >= 0.6 is 0 Å². The molecule has 0 amide bonds. The molecular formula is C15H16N4OS. The van der Waals surface area contributed by atoms with E-state index in [9.17, 15) is 4.21 Å². The van der Waals surface area contributed by atoms with Gasteiger partial charge in [-0.05, 0) is 19.1 Å². The second-order valence-electron chi connectivity index (χ2n) is 5.34. The Balaban J connectivity index is 1.95. The van der Waals surface area contributed by atoms with Crippen molar-refractivity contribution in [3.05, 3.63) is 36.0 Å². The van der Waals surface area contributed by atoms with Gasteiger partial charge in [-0.15, -0.1) is 0 Å². The molecule has 0 atom stereocenters. The van der Waals surface area contributed by atoms with Crippen LogP contribution < -0.4 is 4.90 Å². The topological polar surface area (TPSA) is 50.5 Å². The molecule has 3 heterocycles. The molecule has 1 saturated heterocycles. The molecular weight excluding hydrogens is 284 g/mol. The normalized spacial score (nSPS) is 16.9. The molecule has 21 heavy (non-hydrogen) atoms. The van der Waals surface area contributed by atoms with Crippen LogP contribution in [0.5, 0.6) is 0 Å². The number of rotatable bonds is 1. The number of fused-ring (bicyclic) bond motifs is 3. The minimum atomic E-state index is -0.678. The Kier molecular flexibility index (Phi) is 2.92. The van der Waals surface area contributed by atoms with Gasteiger partial charge < -0.3 is 4.90 Å². The first-order chi connectivity index (χ1) is 10.2. The summed E-state index contributed by atoms with van der Waals surface area (Å²) in [6.07, 6.45) is 0. The standard InChI is InChI=1S/C15H16N4OS/c1-11-10-14-16-15(18-6-8-21(20)9-7-18)12-4-2-3-5-13(12)19(14)17-11/h2-5,10H,6-9H2,1H3. The molecule has 1 fully saturated rings. The second kappa shape index (κ2) is 4.80. The Morgan fingerprint density at radius 1 is 1.19 bits per heavy atom. The number of hydrogen-bond acceptors (Lipinski definition) is 4. The van der Waals surface area contributed by atoms with E-state index in [2.05, 4.69) is 22.1 Å². The van der Waals surface area contributed by atoms with Crippen molar-refractivity contribution in [2.45, 2.75) is 6.92 Å². The van der Waals surface area contributed by atoms with Gasteiger partial charge in [0, 0.05) is 46.8 Å². The fourth-order valence-electron chi connectivity index (χ4n) is 2.85. The van der Waals surface area contributed by atoms with Crippen molar-refractivity contribution >= 4 is 33.2 Å². The second-order valence-corrected chi connectivity index (χ2v) is 7.04. The molecule has 0 saturated carbocycles. The highest BCUT2D eigenvalue weighted by Gasteiger charge is 2.20. The van der Waals surface area contributed by atoms with Gasteiger partial charge in [-0.2, -0.15) is 5.10 Å². The van der Waals surface area contributed by atoms with E-state index >= 15 is 0 Å². The number of anilines is 1. The molecule has 1 aliphatic heterocycles. The number of aromatic nitrogens is 3. The van der Waals surface area contributed by atoms with Crippen molar-refractivity contribution in [1.82, 2.24) is 14.6 Å². The first-order valence-electron chi connectivity index (χ1n) is 7.07. The molecule has 108 valence electrons. The summed E-state index contributed by atoms with van der Waals surface area (Å²) in [5.74, 6) is 2.42. The van der Waals surface area contributed by atoms with E-state index in [-0.39, 0.29) is 0 Å². The molecule has 1 aromatic carbocycles. The lowest BCUT2D eigenvalue weighted by Gasteiger charge is -2.28. The predicted molar refractivity (Wildman–Crippen MR) is 85.3 cm³/mol. The fraction of sp³-hybridized carbons (Fsp3) is 0.333. The molecule has 1 aliphatic rings. The Labute approximate surface area is 125 Å². The average molecular weight is 300 g/mol. The average Bonchev–Trinajstić information content (AvgIpc) is 2.88. The number of para-hydroxylation sites is 1. The summed E-state index contributed by atoms with van der Waals surface area (Å²) in [5, 5.41) is 5.62. The van der Waals surface area contributed by atoms with Crippen molar-refractivity contribution < 1.29 is 4.21 Å². The quantitative estimate of drug-likeness (QED) is 0.687. The minimum Gasteiger partial charge on any atom is -0.354 e. The molecule has 3 aromatic rings. The van der Waals surface area contributed by atoms with Crippen LogP contribution in [0.3, 0.4) is 0 Å². The van der Waals surface area contributed by atoms with Crippen LogP contribution in [0.4, 0.5) is 5.82 Å². The van der Waals surface area contributed by atoms with Crippen LogP contribution in [0.15, 0.2) is 30.3 Å². The highest BCUT2D eigenvalue weighted by molar-refractivity contribution is 7.85. The maximum atomic E-state index is 11.6.